The van der Waals surface area contributed by atoms with Crippen LogP contribution in [0.5, 0.6) is 5.75 Å². The Balaban J connectivity index is 1.82. The van der Waals surface area contributed by atoms with Crippen molar-refractivity contribution in [3.8, 4) is 16.9 Å². The van der Waals surface area contributed by atoms with Gasteiger partial charge in [-0.25, -0.2) is 0 Å². The summed E-state index contributed by atoms with van der Waals surface area (Å²) in [6.45, 7) is 3.48. The summed E-state index contributed by atoms with van der Waals surface area (Å²) in [6, 6.07) is 21.2. The summed E-state index contributed by atoms with van der Waals surface area (Å²) in [5, 5.41) is 3.49. The van der Waals surface area contributed by atoms with Crippen molar-refractivity contribution in [3.63, 3.8) is 0 Å². The Labute approximate surface area is 180 Å². The molecular formula is C25H26F3NO2. The first-order valence-corrected chi connectivity index (χ1v) is 10.1. The molecular weight excluding hydrogens is 403 g/mol. The first-order chi connectivity index (χ1) is 14.9. The summed E-state index contributed by atoms with van der Waals surface area (Å²) in [4.78, 5) is 0. The van der Waals surface area contributed by atoms with E-state index in [2.05, 4.69) is 24.4 Å². The second-order valence-corrected chi connectivity index (χ2v) is 7.26. The third-order valence-corrected chi connectivity index (χ3v) is 5.02. The van der Waals surface area contributed by atoms with Gasteiger partial charge in [0.25, 0.3) is 0 Å². The molecule has 3 aromatic carbocycles. The molecule has 0 fully saturated rings. The van der Waals surface area contributed by atoms with E-state index in [1.165, 1.54) is 17.7 Å². The third-order valence-electron chi connectivity index (χ3n) is 5.02. The molecule has 0 amide bonds. The van der Waals surface area contributed by atoms with E-state index in [1.54, 1.807) is 7.11 Å². The van der Waals surface area contributed by atoms with Gasteiger partial charge in [-0.2, -0.15) is 13.2 Å². The van der Waals surface area contributed by atoms with Crippen molar-refractivity contribution >= 4 is 0 Å². The zero-order valence-corrected chi connectivity index (χ0v) is 17.6. The molecule has 0 saturated carbocycles. The summed E-state index contributed by atoms with van der Waals surface area (Å²) >= 11 is 0. The van der Waals surface area contributed by atoms with E-state index >= 15 is 0 Å². The van der Waals surface area contributed by atoms with Crippen molar-refractivity contribution in [2.75, 3.05) is 20.3 Å². The van der Waals surface area contributed by atoms with E-state index in [0.29, 0.717) is 31.1 Å². The van der Waals surface area contributed by atoms with Crippen LogP contribution in [0.15, 0.2) is 72.8 Å². The fraction of sp³-hybridized carbons (Fsp3) is 0.280. The minimum atomic E-state index is -4.37. The number of alkyl halides is 3. The summed E-state index contributed by atoms with van der Waals surface area (Å²) in [6.07, 6.45) is -4.37. The van der Waals surface area contributed by atoms with E-state index in [9.17, 15) is 13.2 Å². The van der Waals surface area contributed by atoms with Gasteiger partial charge in [0.1, 0.15) is 12.4 Å². The number of hydrogen-bond acceptors (Lipinski definition) is 3. The fourth-order valence-corrected chi connectivity index (χ4v) is 3.24. The number of halogens is 3. The van der Waals surface area contributed by atoms with E-state index < -0.39 is 11.7 Å². The molecule has 0 aliphatic rings. The van der Waals surface area contributed by atoms with Crippen LogP contribution >= 0.6 is 0 Å². The van der Waals surface area contributed by atoms with Crippen LogP contribution < -0.4 is 10.1 Å². The Morgan fingerprint density at radius 1 is 0.903 bits per heavy atom. The summed E-state index contributed by atoms with van der Waals surface area (Å²) in [7, 11) is 1.59. The number of benzene rings is 3. The molecule has 0 spiro atoms. The number of ether oxygens (including phenoxy) is 2. The molecule has 0 bridgehead atoms. The average Bonchev–Trinajstić information content (AvgIpc) is 2.78. The van der Waals surface area contributed by atoms with Crippen molar-refractivity contribution < 1.29 is 22.6 Å². The molecule has 31 heavy (non-hydrogen) atoms. The molecule has 3 nitrogen and oxygen atoms in total. The molecule has 164 valence electrons. The Bertz CT molecular complexity index is 957. The van der Waals surface area contributed by atoms with Crippen LogP contribution in [0.25, 0.3) is 11.1 Å². The lowest BCUT2D eigenvalue weighted by Crippen LogP contribution is -2.18. The highest BCUT2D eigenvalue weighted by atomic mass is 19.4. The molecule has 3 rings (SSSR count). The topological polar surface area (TPSA) is 30.5 Å². The number of methoxy groups -OCH3 is 1. The van der Waals surface area contributed by atoms with Crippen LogP contribution in [0, 0.1) is 0 Å². The standard InChI is InChI=1S/C25H26F3NO2/c1-18(20-6-4-3-5-7-20)29-17-19-8-13-24(31-15-14-30-2)23(16-19)21-9-11-22(12-10-21)25(26,27)28/h3-13,16,18,29H,14-15,17H2,1-2H3/t18-/m1/s1. The highest BCUT2D eigenvalue weighted by Gasteiger charge is 2.30. The number of rotatable bonds is 9. The Morgan fingerprint density at radius 3 is 2.26 bits per heavy atom. The van der Waals surface area contributed by atoms with Gasteiger partial charge in [0, 0.05) is 25.3 Å². The normalized spacial score (nSPS) is 12.5. The van der Waals surface area contributed by atoms with Gasteiger partial charge in [0.05, 0.1) is 12.2 Å². The minimum absolute atomic E-state index is 0.161. The highest BCUT2D eigenvalue weighted by molar-refractivity contribution is 5.71. The first kappa shape index (κ1) is 22.8. The van der Waals surface area contributed by atoms with Crippen molar-refractivity contribution in [1.82, 2.24) is 5.32 Å². The molecule has 1 N–H and O–H groups in total. The minimum Gasteiger partial charge on any atom is -0.491 e. The summed E-state index contributed by atoms with van der Waals surface area (Å²) in [5.74, 6) is 0.608. The lowest BCUT2D eigenvalue weighted by atomic mass is 10.00. The molecule has 3 aromatic rings. The van der Waals surface area contributed by atoms with E-state index in [4.69, 9.17) is 9.47 Å². The largest absolute Gasteiger partial charge is 0.491 e. The van der Waals surface area contributed by atoms with Crippen LogP contribution in [-0.4, -0.2) is 20.3 Å². The van der Waals surface area contributed by atoms with Crippen LogP contribution in [0.2, 0.25) is 0 Å². The maximum atomic E-state index is 12.9. The molecule has 0 aliphatic heterocycles. The van der Waals surface area contributed by atoms with Crippen LogP contribution in [-0.2, 0) is 17.5 Å². The molecule has 0 saturated heterocycles. The van der Waals surface area contributed by atoms with Crippen LogP contribution in [0.1, 0.15) is 29.7 Å². The average molecular weight is 429 g/mol. The zero-order valence-electron chi connectivity index (χ0n) is 17.6. The van der Waals surface area contributed by atoms with Gasteiger partial charge >= 0.3 is 6.18 Å². The predicted octanol–water partition coefficient (Wildman–Crippen LogP) is 6.25. The highest BCUT2D eigenvalue weighted by Crippen LogP contribution is 2.35. The monoisotopic (exact) mass is 429 g/mol. The second kappa shape index (κ2) is 10.5. The van der Waals surface area contributed by atoms with Crippen LogP contribution in [0.3, 0.4) is 0 Å². The molecule has 0 heterocycles. The van der Waals surface area contributed by atoms with Gasteiger partial charge in [0.15, 0.2) is 0 Å². The van der Waals surface area contributed by atoms with E-state index in [1.807, 2.05) is 36.4 Å². The van der Waals surface area contributed by atoms with E-state index in [0.717, 1.165) is 23.3 Å². The number of nitrogens with one attached hydrogen (secondary N) is 1. The van der Waals surface area contributed by atoms with Gasteiger partial charge in [-0.15, -0.1) is 0 Å². The zero-order chi connectivity index (χ0) is 22.3. The Morgan fingerprint density at radius 2 is 1.61 bits per heavy atom. The smallest absolute Gasteiger partial charge is 0.416 e. The first-order valence-electron chi connectivity index (χ1n) is 10.1. The van der Waals surface area contributed by atoms with Crippen molar-refractivity contribution in [3.05, 3.63) is 89.5 Å². The molecule has 0 aliphatic carbocycles. The van der Waals surface area contributed by atoms with Crippen LogP contribution in [0.4, 0.5) is 13.2 Å². The second-order valence-electron chi connectivity index (χ2n) is 7.26. The molecule has 0 unspecified atom stereocenters. The third kappa shape index (κ3) is 6.32. The van der Waals surface area contributed by atoms with Gasteiger partial charge in [-0.05, 0) is 47.9 Å². The lowest BCUT2D eigenvalue weighted by Gasteiger charge is -2.17. The SMILES string of the molecule is COCCOc1ccc(CN[C@H](C)c2ccccc2)cc1-c1ccc(C(F)(F)F)cc1. The van der Waals surface area contributed by atoms with Gasteiger partial charge in [-0.3, -0.25) is 0 Å². The lowest BCUT2D eigenvalue weighted by molar-refractivity contribution is -0.137. The van der Waals surface area contributed by atoms with Crippen molar-refractivity contribution in [2.45, 2.75) is 25.7 Å². The van der Waals surface area contributed by atoms with Gasteiger partial charge < -0.3 is 14.8 Å². The molecule has 0 radical (unpaired) electrons. The van der Waals surface area contributed by atoms with Crippen molar-refractivity contribution in [1.29, 1.82) is 0 Å². The maximum Gasteiger partial charge on any atom is 0.416 e. The molecule has 6 heteroatoms. The molecule has 1 atom stereocenters. The van der Waals surface area contributed by atoms with E-state index in [-0.39, 0.29) is 6.04 Å². The molecule has 0 aromatic heterocycles. The quantitative estimate of drug-likeness (QED) is 0.408. The maximum absolute atomic E-state index is 12.9. The Kier molecular flexibility index (Phi) is 7.71. The van der Waals surface area contributed by atoms with Crippen molar-refractivity contribution in [2.24, 2.45) is 0 Å². The van der Waals surface area contributed by atoms with Gasteiger partial charge in [-0.1, -0.05) is 48.5 Å². The fourth-order valence-electron chi connectivity index (χ4n) is 3.24. The Hall–Kier alpha value is -2.83. The number of hydrogen-bond donors (Lipinski definition) is 1. The summed E-state index contributed by atoms with van der Waals surface area (Å²) < 4.78 is 49.7. The predicted molar refractivity (Wildman–Crippen MR) is 116 cm³/mol. The summed E-state index contributed by atoms with van der Waals surface area (Å²) in [5.41, 5.74) is 2.93. The van der Waals surface area contributed by atoms with Gasteiger partial charge in [0.2, 0.25) is 0 Å².